The first kappa shape index (κ1) is 28.0. The smallest absolute Gasteiger partial charge is 0.341 e. The average molecular weight is 580 g/mol. The number of hydrogen-bond acceptors (Lipinski definition) is 7. The Kier molecular flexibility index (Phi) is 8.75. The molecule has 8 nitrogen and oxygen atoms in total. The molecule has 3 N–H and O–H groups in total. The first-order chi connectivity index (χ1) is 18.7. The SMILES string of the molecule is CCOC(=O)c1c(NC(=S)Nc2ccc(S(=O)(=O)NC(=O)c3ccccc3)cc2)sc(C)c1-c1ccccc1. The standard InChI is InChI=1S/C28H25N3O5S3/c1-3-36-27(33)24-23(19-10-6-4-7-11-19)18(2)38-26(24)30-28(37)29-21-14-16-22(17-15-21)39(34,35)31-25(32)20-12-8-5-9-13-20/h4-17H,3H2,1-2H3,(H,31,32)(H2,29,30,37). The average Bonchev–Trinajstić information content (AvgIpc) is 3.25. The van der Waals surface area contributed by atoms with Gasteiger partial charge >= 0.3 is 5.97 Å². The zero-order chi connectivity index (χ0) is 28.0. The van der Waals surface area contributed by atoms with Crippen molar-refractivity contribution in [3.63, 3.8) is 0 Å². The predicted octanol–water partition coefficient (Wildman–Crippen LogP) is 5.83. The van der Waals surface area contributed by atoms with Gasteiger partial charge in [-0.3, -0.25) is 4.79 Å². The van der Waals surface area contributed by atoms with Gasteiger partial charge in [0.2, 0.25) is 0 Å². The van der Waals surface area contributed by atoms with Gasteiger partial charge in [0.1, 0.15) is 10.6 Å². The second-order valence-corrected chi connectivity index (χ2v) is 11.5. The summed E-state index contributed by atoms with van der Waals surface area (Å²) in [6, 6.07) is 23.4. The Morgan fingerprint density at radius 1 is 0.897 bits per heavy atom. The van der Waals surface area contributed by atoms with Crippen LogP contribution in [-0.4, -0.2) is 32.0 Å². The summed E-state index contributed by atoms with van der Waals surface area (Å²) in [4.78, 5) is 26.0. The molecule has 0 spiro atoms. The minimum absolute atomic E-state index is 0.0813. The summed E-state index contributed by atoms with van der Waals surface area (Å²) < 4.78 is 32.7. The van der Waals surface area contributed by atoms with Crippen molar-refractivity contribution in [2.24, 2.45) is 0 Å². The van der Waals surface area contributed by atoms with Crippen LogP contribution in [0.15, 0.2) is 89.8 Å². The van der Waals surface area contributed by atoms with Crippen molar-refractivity contribution < 1.29 is 22.7 Å². The minimum atomic E-state index is -4.08. The molecule has 3 aromatic carbocycles. The first-order valence-corrected chi connectivity index (χ1v) is 14.6. The third-order valence-electron chi connectivity index (χ3n) is 5.54. The van der Waals surface area contributed by atoms with Crippen LogP contribution in [0.5, 0.6) is 0 Å². The second kappa shape index (κ2) is 12.2. The number of amides is 1. The van der Waals surface area contributed by atoms with Gasteiger partial charge in [-0.15, -0.1) is 11.3 Å². The van der Waals surface area contributed by atoms with E-state index in [4.69, 9.17) is 17.0 Å². The lowest BCUT2D eigenvalue weighted by Crippen LogP contribution is -2.30. The zero-order valence-corrected chi connectivity index (χ0v) is 23.5. The summed E-state index contributed by atoms with van der Waals surface area (Å²) in [7, 11) is -4.08. The van der Waals surface area contributed by atoms with Crippen molar-refractivity contribution in [1.29, 1.82) is 0 Å². The van der Waals surface area contributed by atoms with E-state index < -0.39 is 21.9 Å². The lowest BCUT2D eigenvalue weighted by molar-refractivity contribution is 0.0528. The fourth-order valence-corrected chi connectivity index (χ4v) is 6.12. The summed E-state index contributed by atoms with van der Waals surface area (Å²) in [6.07, 6.45) is 0. The molecule has 11 heteroatoms. The number of anilines is 2. The molecule has 1 amide bonds. The van der Waals surface area contributed by atoms with Crippen molar-refractivity contribution in [2.45, 2.75) is 18.7 Å². The van der Waals surface area contributed by atoms with Crippen LogP contribution >= 0.6 is 23.6 Å². The van der Waals surface area contributed by atoms with Crippen LogP contribution in [0.4, 0.5) is 10.7 Å². The lowest BCUT2D eigenvalue weighted by atomic mass is 10.0. The maximum atomic E-state index is 12.9. The van der Waals surface area contributed by atoms with Gasteiger partial charge in [-0.05, 0) is 68.0 Å². The van der Waals surface area contributed by atoms with Gasteiger partial charge in [-0.1, -0.05) is 48.5 Å². The summed E-state index contributed by atoms with van der Waals surface area (Å²) >= 11 is 6.85. The molecule has 1 heterocycles. The van der Waals surface area contributed by atoms with Crippen LogP contribution in [-0.2, 0) is 14.8 Å². The number of thiocarbonyl (C=S) groups is 1. The number of sulfonamides is 1. The Labute approximate surface area is 236 Å². The van der Waals surface area contributed by atoms with Gasteiger partial charge in [0.15, 0.2) is 5.11 Å². The predicted molar refractivity (Wildman–Crippen MR) is 158 cm³/mol. The Morgan fingerprint density at radius 3 is 2.13 bits per heavy atom. The van der Waals surface area contributed by atoms with E-state index in [1.807, 2.05) is 37.3 Å². The van der Waals surface area contributed by atoms with Crippen LogP contribution in [0.2, 0.25) is 0 Å². The summed E-state index contributed by atoms with van der Waals surface area (Å²) in [5, 5.41) is 6.81. The van der Waals surface area contributed by atoms with Gasteiger partial charge in [0, 0.05) is 21.7 Å². The molecule has 4 rings (SSSR count). The molecule has 0 atom stereocenters. The van der Waals surface area contributed by atoms with E-state index in [0.717, 1.165) is 16.0 Å². The van der Waals surface area contributed by atoms with Crippen LogP contribution in [0.1, 0.15) is 32.5 Å². The molecule has 0 aliphatic carbocycles. The van der Waals surface area contributed by atoms with E-state index in [-0.39, 0.29) is 22.2 Å². The largest absolute Gasteiger partial charge is 0.462 e. The van der Waals surface area contributed by atoms with E-state index >= 15 is 0 Å². The van der Waals surface area contributed by atoms with Crippen LogP contribution < -0.4 is 15.4 Å². The summed E-state index contributed by atoms with van der Waals surface area (Å²) in [6.45, 7) is 3.90. The normalized spacial score (nSPS) is 10.9. The molecule has 39 heavy (non-hydrogen) atoms. The molecule has 0 unspecified atom stereocenters. The number of benzene rings is 3. The number of nitrogens with one attached hydrogen (secondary N) is 3. The monoisotopic (exact) mass is 579 g/mol. The maximum absolute atomic E-state index is 12.9. The molecule has 0 aliphatic heterocycles. The molecule has 0 saturated carbocycles. The highest BCUT2D eigenvalue weighted by atomic mass is 32.2. The van der Waals surface area contributed by atoms with Gasteiger partial charge < -0.3 is 15.4 Å². The van der Waals surface area contributed by atoms with Gasteiger partial charge in [-0.2, -0.15) is 0 Å². The van der Waals surface area contributed by atoms with Gasteiger partial charge in [-0.25, -0.2) is 17.9 Å². The number of esters is 1. The van der Waals surface area contributed by atoms with Crippen molar-refractivity contribution in [3.8, 4) is 11.1 Å². The first-order valence-electron chi connectivity index (χ1n) is 11.9. The van der Waals surface area contributed by atoms with Gasteiger partial charge in [0.25, 0.3) is 15.9 Å². The number of carbonyl (C=O) groups excluding carboxylic acids is 2. The highest BCUT2D eigenvalue weighted by Gasteiger charge is 2.25. The van der Waals surface area contributed by atoms with Crippen LogP contribution in [0, 0.1) is 6.92 Å². The van der Waals surface area contributed by atoms with Crippen LogP contribution in [0.3, 0.4) is 0 Å². The molecule has 1 aromatic heterocycles. The highest BCUT2D eigenvalue weighted by Crippen LogP contribution is 2.40. The van der Waals surface area contributed by atoms with E-state index in [0.29, 0.717) is 16.3 Å². The molecular weight excluding hydrogens is 555 g/mol. The Bertz CT molecular complexity index is 1600. The number of carbonyl (C=O) groups is 2. The quantitative estimate of drug-likeness (QED) is 0.177. The van der Waals surface area contributed by atoms with Crippen molar-refractivity contribution in [2.75, 3.05) is 17.2 Å². The fraction of sp³-hybridized carbons (Fsp3) is 0.107. The Hall–Kier alpha value is -4.06. The molecule has 0 radical (unpaired) electrons. The topological polar surface area (TPSA) is 114 Å². The number of thiophene rings is 1. The molecule has 200 valence electrons. The molecule has 0 fully saturated rings. The third kappa shape index (κ3) is 6.69. The Balaban J connectivity index is 1.49. The van der Waals surface area contributed by atoms with Crippen LogP contribution in [0.25, 0.3) is 11.1 Å². The summed E-state index contributed by atoms with van der Waals surface area (Å²) in [5.74, 6) is -1.18. The van der Waals surface area contributed by atoms with Crippen molar-refractivity contribution in [1.82, 2.24) is 4.72 Å². The molecule has 0 bridgehead atoms. The molecule has 4 aromatic rings. The van der Waals surface area contributed by atoms with E-state index in [9.17, 15) is 18.0 Å². The summed E-state index contributed by atoms with van der Waals surface area (Å²) in [5.41, 5.74) is 2.80. The second-order valence-electron chi connectivity index (χ2n) is 8.23. The molecular formula is C28H25N3O5S3. The number of hydrogen-bond donors (Lipinski definition) is 3. The molecule has 0 saturated heterocycles. The number of rotatable bonds is 8. The zero-order valence-electron chi connectivity index (χ0n) is 21.1. The van der Waals surface area contributed by atoms with E-state index in [1.54, 1.807) is 25.1 Å². The van der Waals surface area contributed by atoms with E-state index in [2.05, 4.69) is 15.4 Å². The third-order valence-corrected chi connectivity index (χ3v) is 8.11. The highest BCUT2D eigenvalue weighted by molar-refractivity contribution is 7.90. The maximum Gasteiger partial charge on any atom is 0.341 e. The minimum Gasteiger partial charge on any atom is -0.462 e. The Morgan fingerprint density at radius 2 is 1.51 bits per heavy atom. The fourth-order valence-electron chi connectivity index (χ4n) is 3.80. The van der Waals surface area contributed by atoms with Gasteiger partial charge in [0.05, 0.1) is 11.5 Å². The van der Waals surface area contributed by atoms with E-state index in [1.165, 1.54) is 47.7 Å². The lowest BCUT2D eigenvalue weighted by Gasteiger charge is -2.12. The molecule has 0 aliphatic rings. The van der Waals surface area contributed by atoms with Crippen molar-refractivity contribution >= 4 is 61.3 Å². The van der Waals surface area contributed by atoms with Crippen molar-refractivity contribution in [3.05, 3.63) is 101 Å². The number of ether oxygens (including phenoxy) is 1. The number of aryl methyl sites for hydroxylation is 1.